The lowest BCUT2D eigenvalue weighted by molar-refractivity contribution is 0.100. The molecule has 0 heterocycles. The molecule has 25 heavy (non-hydrogen) atoms. The van der Waals surface area contributed by atoms with E-state index in [1.165, 1.54) is 5.56 Å². The first-order chi connectivity index (χ1) is 11.9. The maximum Gasteiger partial charge on any atom is 0.248 e. The van der Waals surface area contributed by atoms with Gasteiger partial charge in [-0.2, -0.15) is 0 Å². The van der Waals surface area contributed by atoms with E-state index >= 15 is 0 Å². The fourth-order valence-electron chi connectivity index (χ4n) is 2.49. The van der Waals surface area contributed by atoms with Gasteiger partial charge in [-0.15, -0.1) is 0 Å². The molecule has 0 atom stereocenters. The molecule has 2 rings (SSSR count). The van der Waals surface area contributed by atoms with Crippen molar-refractivity contribution in [2.45, 2.75) is 25.8 Å². The second-order valence-corrected chi connectivity index (χ2v) is 6.59. The zero-order valence-electron chi connectivity index (χ0n) is 15.0. The Morgan fingerprint density at radius 2 is 1.68 bits per heavy atom. The highest BCUT2D eigenvalue weighted by atomic mass is 16.1. The molecule has 0 saturated carbocycles. The number of carbonyl (C=O) groups is 1. The van der Waals surface area contributed by atoms with Gasteiger partial charge in [-0.05, 0) is 23.3 Å². The Balaban J connectivity index is 1.89. The summed E-state index contributed by atoms with van der Waals surface area (Å²) in [6.45, 7) is 5.78. The van der Waals surface area contributed by atoms with Gasteiger partial charge in [0.1, 0.15) is 0 Å². The molecule has 0 aliphatic heterocycles. The van der Waals surface area contributed by atoms with Crippen LogP contribution in [0, 0.1) is 0 Å². The van der Waals surface area contributed by atoms with Crippen LogP contribution in [0.5, 0.6) is 0 Å². The van der Waals surface area contributed by atoms with Crippen LogP contribution >= 0.6 is 0 Å². The molecule has 5 nitrogen and oxygen atoms in total. The Morgan fingerprint density at radius 1 is 1.04 bits per heavy atom. The third-order valence-electron chi connectivity index (χ3n) is 4.18. The summed E-state index contributed by atoms with van der Waals surface area (Å²) in [5.41, 5.74) is 8.08. The molecule has 132 valence electrons. The predicted molar refractivity (Wildman–Crippen MR) is 103 cm³/mol. The number of benzene rings is 2. The highest BCUT2D eigenvalue weighted by molar-refractivity contribution is 5.92. The van der Waals surface area contributed by atoms with Crippen LogP contribution in [0.2, 0.25) is 0 Å². The summed E-state index contributed by atoms with van der Waals surface area (Å²) in [5.74, 6) is 0.322. The molecule has 1 amide bonds. The number of hydrogen-bond acceptors (Lipinski definition) is 2. The number of carbonyl (C=O) groups excluding carboxylic acids is 1. The topological polar surface area (TPSA) is 79.5 Å². The minimum absolute atomic E-state index is 0.0119. The Labute approximate surface area is 149 Å². The first-order valence-electron chi connectivity index (χ1n) is 8.31. The molecular weight excluding hydrogens is 312 g/mol. The van der Waals surface area contributed by atoms with Crippen LogP contribution in [0.4, 0.5) is 0 Å². The van der Waals surface area contributed by atoms with E-state index in [0.29, 0.717) is 12.1 Å². The first-order valence-corrected chi connectivity index (χ1v) is 8.31. The molecule has 0 aromatic heterocycles. The van der Waals surface area contributed by atoms with Gasteiger partial charge < -0.3 is 16.4 Å². The van der Waals surface area contributed by atoms with Crippen molar-refractivity contribution in [1.29, 1.82) is 0 Å². The van der Waals surface area contributed by atoms with Crippen molar-refractivity contribution in [1.82, 2.24) is 10.6 Å². The van der Waals surface area contributed by atoms with Gasteiger partial charge >= 0.3 is 0 Å². The fourth-order valence-corrected chi connectivity index (χ4v) is 2.49. The zero-order chi connectivity index (χ0) is 18.3. The predicted octanol–water partition coefficient (Wildman–Crippen LogP) is 2.43. The van der Waals surface area contributed by atoms with Crippen LogP contribution in [-0.2, 0) is 12.0 Å². The lowest BCUT2D eigenvalue weighted by atomic mass is 9.85. The van der Waals surface area contributed by atoms with Crippen molar-refractivity contribution in [2.75, 3.05) is 13.6 Å². The van der Waals surface area contributed by atoms with Gasteiger partial charge in [0.05, 0.1) is 0 Å². The molecule has 0 aliphatic rings. The third-order valence-corrected chi connectivity index (χ3v) is 4.18. The maximum atomic E-state index is 11.1. The number of primary amides is 1. The third kappa shape index (κ3) is 5.35. The van der Waals surface area contributed by atoms with Crippen LogP contribution in [0.3, 0.4) is 0 Å². The molecule has 0 unspecified atom stereocenters. The first kappa shape index (κ1) is 18.5. The summed E-state index contributed by atoms with van der Waals surface area (Å²) in [4.78, 5) is 15.4. The van der Waals surface area contributed by atoms with Gasteiger partial charge in [-0.25, -0.2) is 0 Å². The monoisotopic (exact) mass is 338 g/mol. The van der Waals surface area contributed by atoms with E-state index in [1.54, 1.807) is 19.2 Å². The number of guanidine groups is 1. The minimum Gasteiger partial charge on any atom is -0.366 e. The summed E-state index contributed by atoms with van der Waals surface area (Å²) >= 11 is 0. The second kappa shape index (κ2) is 8.33. The van der Waals surface area contributed by atoms with E-state index in [9.17, 15) is 4.79 Å². The standard InChI is InChI=1S/C20H26N4O/c1-20(2,17-7-5-4-6-8-17)14-24-19(22-3)23-13-15-9-11-16(12-10-15)18(21)25/h4-12H,13-14H2,1-3H3,(H2,21,25)(H2,22,23,24). The van der Waals surface area contributed by atoms with Crippen molar-refractivity contribution in [3.05, 3.63) is 71.3 Å². The lowest BCUT2D eigenvalue weighted by Crippen LogP contribution is -2.43. The Kier molecular flexibility index (Phi) is 6.17. The van der Waals surface area contributed by atoms with Gasteiger partial charge in [-0.1, -0.05) is 56.3 Å². The molecule has 0 spiro atoms. The van der Waals surface area contributed by atoms with Crippen molar-refractivity contribution >= 4 is 11.9 Å². The molecule has 5 heteroatoms. The van der Waals surface area contributed by atoms with Gasteiger partial charge in [-0.3, -0.25) is 9.79 Å². The van der Waals surface area contributed by atoms with Crippen LogP contribution < -0.4 is 16.4 Å². The number of rotatable bonds is 6. The average Bonchev–Trinajstić information content (AvgIpc) is 2.63. The summed E-state index contributed by atoms with van der Waals surface area (Å²) < 4.78 is 0. The fraction of sp³-hybridized carbons (Fsp3) is 0.300. The molecule has 0 radical (unpaired) electrons. The average molecular weight is 338 g/mol. The van der Waals surface area contributed by atoms with Crippen LogP contribution in [0.15, 0.2) is 59.6 Å². The number of aliphatic imine (C=N–C) groups is 1. The molecule has 2 aromatic rings. The quantitative estimate of drug-likeness (QED) is 0.559. The van der Waals surface area contributed by atoms with Crippen molar-refractivity contribution in [2.24, 2.45) is 10.7 Å². The number of hydrogen-bond donors (Lipinski definition) is 3. The van der Waals surface area contributed by atoms with E-state index < -0.39 is 5.91 Å². The van der Waals surface area contributed by atoms with Crippen LogP contribution in [0.1, 0.15) is 35.3 Å². The van der Waals surface area contributed by atoms with E-state index in [4.69, 9.17) is 5.73 Å². The van der Waals surface area contributed by atoms with Crippen molar-refractivity contribution < 1.29 is 4.79 Å². The minimum atomic E-state index is -0.417. The second-order valence-electron chi connectivity index (χ2n) is 6.59. The smallest absolute Gasteiger partial charge is 0.248 e. The van der Waals surface area contributed by atoms with Gasteiger partial charge in [0.2, 0.25) is 5.91 Å². The molecule has 2 aromatic carbocycles. The number of nitrogens with zero attached hydrogens (tertiary/aromatic N) is 1. The summed E-state index contributed by atoms with van der Waals surface area (Å²) in [6.07, 6.45) is 0. The van der Waals surface area contributed by atoms with Crippen LogP contribution in [-0.4, -0.2) is 25.5 Å². The summed E-state index contributed by atoms with van der Waals surface area (Å²) in [6, 6.07) is 17.6. The molecule has 0 saturated heterocycles. The highest BCUT2D eigenvalue weighted by Gasteiger charge is 2.20. The number of nitrogens with two attached hydrogens (primary N) is 1. The zero-order valence-corrected chi connectivity index (χ0v) is 15.0. The van der Waals surface area contributed by atoms with E-state index in [1.807, 2.05) is 18.2 Å². The van der Waals surface area contributed by atoms with Crippen molar-refractivity contribution in [3.8, 4) is 0 Å². The van der Waals surface area contributed by atoms with E-state index in [-0.39, 0.29) is 5.41 Å². The molecule has 0 aliphatic carbocycles. The molecule has 0 fully saturated rings. The highest BCUT2D eigenvalue weighted by Crippen LogP contribution is 2.21. The van der Waals surface area contributed by atoms with Gasteiger partial charge in [0.15, 0.2) is 5.96 Å². The Bertz CT molecular complexity index is 721. The Morgan fingerprint density at radius 3 is 2.24 bits per heavy atom. The van der Waals surface area contributed by atoms with Gasteiger partial charge in [0, 0.05) is 31.1 Å². The normalized spacial score (nSPS) is 11.9. The largest absolute Gasteiger partial charge is 0.366 e. The lowest BCUT2D eigenvalue weighted by Gasteiger charge is -2.26. The number of amides is 1. The Hall–Kier alpha value is -2.82. The molecule has 4 N–H and O–H groups in total. The van der Waals surface area contributed by atoms with Crippen molar-refractivity contribution in [3.63, 3.8) is 0 Å². The van der Waals surface area contributed by atoms with Gasteiger partial charge in [0.25, 0.3) is 0 Å². The van der Waals surface area contributed by atoms with E-state index in [0.717, 1.165) is 18.1 Å². The summed E-state index contributed by atoms with van der Waals surface area (Å²) in [5, 5.41) is 6.65. The maximum absolute atomic E-state index is 11.1. The summed E-state index contributed by atoms with van der Waals surface area (Å²) in [7, 11) is 1.75. The SMILES string of the molecule is CN=C(NCc1ccc(C(N)=O)cc1)NCC(C)(C)c1ccccc1. The van der Waals surface area contributed by atoms with E-state index in [2.05, 4.69) is 53.7 Å². The molecular formula is C20H26N4O. The van der Waals surface area contributed by atoms with Crippen LogP contribution in [0.25, 0.3) is 0 Å². The molecule has 0 bridgehead atoms. The number of nitrogens with one attached hydrogen (secondary N) is 2.